The quantitative estimate of drug-likeness (QED) is 0.829. The summed E-state index contributed by atoms with van der Waals surface area (Å²) in [4.78, 5) is 37.4. The van der Waals surface area contributed by atoms with Crippen LogP contribution in [-0.2, 0) is 14.3 Å². The molecule has 3 amide bonds. The molecular weight excluding hydrogens is 312 g/mol. The highest BCUT2D eigenvalue weighted by Gasteiger charge is 2.62. The smallest absolute Gasteiger partial charge is 0.270 e. The van der Waals surface area contributed by atoms with Gasteiger partial charge in [-0.05, 0) is 38.0 Å². The number of hydrogen-bond acceptors (Lipinski definition) is 5. The summed E-state index contributed by atoms with van der Waals surface area (Å²) in [5, 5.41) is 0.874. The Morgan fingerprint density at radius 3 is 2.54 bits per heavy atom. The Morgan fingerprint density at radius 2 is 1.92 bits per heavy atom. The molecule has 126 valence electrons. The van der Waals surface area contributed by atoms with Crippen molar-refractivity contribution in [3.05, 3.63) is 29.8 Å². The van der Waals surface area contributed by atoms with Crippen LogP contribution in [0.5, 0.6) is 5.75 Å². The lowest BCUT2D eigenvalue weighted by atomic mass is 9.81. The topological polar surface area (TPSA) is 84.9 Å². The standard InChI is InChI=1S/C17H18N2O5/c1-2-23-10-5-3-4-9(8-10)15(20)18-19-16(21)13-11-6-7-12(24-11)14(13)17(19)22/h3-5,8,11-14H,2,6-7H2,1H3,(H,18,20). The van der Waals surface area contributed by atoms with E-state index in [4.69, 9.17) is 9.47 Å². The molecule has 3 aliphatic heterocycles. The maximum absolute atomic E-state index is 12.5. The molecule has 0 radical (unpaired) electrons. The second-order valence-electron chi connectivity index (χ2n) is 6.26. The van der Waals surface area contributed by atoms with Crippen LogP contribution < -0.4 is 10.2 Å². The molecule has 1 aromatic rings. The summed E-state index contributed by atoms with van der Waals surface area (Å²) in [5.74, 6) is -1.59. The number of ether oxygens (including phenoxy) is 2. The van der Waals surface area contributed by atoms with Gasteiger partial charge in [0.2, 0.25) is 0 Å². The number of carbonyl (C=O) groups is 3. The first-order chi connectivity index (χ1) is 11.6. The van der Waals surface area contributed by atoms with E-state index in [1.165, 1.54) is 0 Å². The van der Waals surface area contributed by atoms with Gasteiger partial charge in [0.25, 0.3) is 17.7 Å². The highest BCUT2D eigenvalue weighted by Crippen LogP contribution is 2.48. The number of fused-ring (bicyclic) bond motifs is 5. The van der Waals surface area contributed by atoms with E-state index in [1.54, 1.807) is 24.3 Å². The number of nitrogens with one attached hydrogen (secondary N) is 1. The maximum atomic E-state index is 12.5. The summed E-state index contributed by atoms with van der Waals surface area (Å²) in [6.07, 6.45) is 1.20. The number of hydrazine groups is 1. The van der Waals surface area contributed by atoms with Crippen LogP contribution >= 0.6 is 0 Å². The number of carbonyl (C=O) groups excluding carboxylic acids is 3. The van der Waals surface area contributed by atoms with Crippen LogP contribution in [0.4, 0.5) is 0 Å². The molecule has 3 fully saturated rings. The zero-order valence-corrected chi connectivity index (χ0v) is 13.2. The average Bonchev–Trinajstić information content (AvgIpc) is 3.25. The van der Waals surface area contributed by atoms with E-state index in [1.807, 2.05) is 6.92 Å². The normalized spacial score (nSPS) is 30.6. The fraction of sp³-hybridized carbons (Fsp3) is 0.471. The number of imide groups is 1. The molecule has 0 saturated carbocycles. The molecule has 3 aliphatic rings. The molecular formula is C17H18N2O5. The van der Waals surface area contributed by atoms with Gasteiger partial charge in [0, 0.05) is 5.56 Å². The van der Waals surface area contributed by atoms with Crippen LogP contribution in [0.15, 0.2) is 24.3 Å². The van der Waals surface area contributed by atoms with E-state index in [0.717, 1.165) is 17.9 Å². The first-order valence-electron chi connectivity index (χ1n) is 8.17. The molecule has 24 heavy (non-hydrogen) atoms. The monoisotopic (exact) mass is 330 g/mol. The maximum Gasteiger partial charge on any atom is 0.270 e. The molecule has 0 spiro atoms. The van der Waals surface area contributed by atoms with E-state index in [0.29, 0.717) is 17.9 Å². The average molecular weight is 330 g/mol. The summed E-state index contributed by atoms with van der Waals surface area (Å²) in [6, 6.07) is 6.62. The second kappa shape index (κ2) is 5.59. The van der Waals surface area contributed by atoms with Crippen LogP contribution in [0.1, 0.15) is 30.1 Å². The van der Waals surface area contributed by atoms with E-state index in [9.17, 15) is 14.4 Å². The van der Waals surface area contributed by atoms with Crippen molar-refractivity contribution in [2.45, 2.75) is 32.0 Å². The fourth-order valence-corrected chi connectivity index (χ4v) is 3.88. The molecule has 4 unspecified atom stereocenters. The Bertz CT molecular complexity index is 691. The van der Waals surface area contributed by atoms with E-state index in [2.05, 4.69) is 5.43 Å². The van der Waals surface area contributed by atoms with E-state index >= 15 is 0 Å². The molecule has 1 aromatic carbocycles. The molecule has 7 nitrogen and oxygen atoms in total. The van der Waals surface area contributed by atoms with Gasteiger partial charge in [-0.3, -0.25) is 19.8 Å². The lowest BCUT2D eigenvalue weighted by Gasteiger charge is -2.18. The van der Waals surface area contributed by atoms with Gasteiger partial charge in [0.15, 0.2) is 0 Å². The summed E-state index contributed by atoms with van der Waals surface area (Å²) in [7, 11) is 0. The van der Waals surface area contributed by atoms with E-state index in [-0.39, 0.29) is 24.0 Å². The Labute approximate surface area is 138 Å². The van der Waals surface area contributed by atoms with Crippen molar-refractivity contribution in [1.82, 2.24) is 10.4 Å². The number of hydrogen-bond donors (Lipinski definition) is 1. The Morgan fingerprint density at radius 1 is 1.25 bits per heavy atom. The van der Waals surface area contributed by atoms with Crippen molar-refractivity contribution >= 4 is 17.7 Å². The van der Waals surface area contributed by atoms with Gasteiger partial charge in [-0.25, -0.2) is 0 Å². The first kappa shape index (κ1) is 15.1. The zero-order chi connectivity index (χ0) is 16.8. The summed E-state index contributed by atoms with van der Waals surface area (Å²) in [5.41, 5.74) is 2.78. The number of nitrogens with zero attached hydrogens (tertiary/aromatic N) is 1. The van der Waals surface area contributed by atoms with Crippen molar-refractivity contribution in [2.75, 3.05) is 6.61 Å². The number of rotatable bonds is 4. The second-order valence-corrected chi connectivity index (χ2v) is 6.26. The molecule has 4 rings (SSSR count). The first-order valence-corrected chi connectivity index (χ1v) is 8.17. The molecule has 0 aromatic heterocycles. The van der Waals surface area contributed by atoms with Crippen molar-refractivity contribution in [2.24, 2.45) is 11.8 Å². The summed E-state index contributed by atoms with van der Waals surface area (Å²) < 4.78 is 11.0. The number of amides is 3. The van der Waals surface area contributed by atoms with Gasteiger partial charge < -0.3 is 9.47 Å². The fourth-order valence-electron chi connectivity index (χ4n) is 3.88. The molecule has 2 bridgehead atoms. The lowest BCUT2D eigenvalue weighted by molar-refractivity contribution is -0.145. The van der Waals surface area contributed by atoms with Gasteiger partial charge >= 0.3 is 0 Å². The minimum atomic E-state index is -0.508. The van der Waals surface area contributed by atoms with Crippen molar-refractivity contribution < 1.29 is 23.9 Å². The van der Waals surface area contributed by atoms with Crippen LogP contribution in [0.3, 0.4) is 0 Å². The van der Waals surface area contributed by atoms with Gasteiger partial charge in [-0.1, -0.05) is 6.07 Å². The Kier molecular flexibility index (Phi) is 3.53. The number of benzene rings is 1. The van der Waals surface area contributed by atoms with Crippen LogP contribution in [0, 0.1) is 11.8 Å². The highest BCUT2D eigenvalue weighted by atomic mass is 16.5. The molecule has 7 heteroatoms. The highest BCUT2D eigenvalue weighted by molar-refractivity contribution is 6.08. The molecule has 0 aliphatic carbocycles. The largest absolute Gasteiger partial charge is 0.494 e. The summed E-state index contributed by atoms with van der Waals surface area (Å²) in [6.45, 7) is 2.34. The van der Waals surface area contributed by atoms with Gasteiger partial charge in [-0.2, -0.15) is 5.01 Å². The van der Waals surface area contributed by atoms with Crippen molar-refractivity contribution in [3.63, 3.8) is 0 Å². The molecule has 3 heterocycles. The lowest BCUT2D eigenvalue weighted by Crippen LogP contribution is -2.47. The minimum Gasteiger partial charge on any atom is -0.494 e. The third-order valence-corrected chi connectivity index (χ3v) is 4.90. The zero-order valence-electron chi connectivity index (χ0n) is 13.2. The van der Waals surface area contributed by atoms with Crippen molar-refractivity contribution in [1.29, 1.82) is 0 Å². The van der Waals surface area contributed by atoms with Crippen LogP contribution in [0.2, 0.25) is 0 Å². The van der Waals surface area contributed by atoms with Gasteiger partial charge in [-0.15, -0.1) is 0 Å². The third-order valence-electron chi connectivity index (χ3n) is 4.90. The van der Waals surface area contributed by atoms with Crippen LogP contribution in [-0.4, -0.2) is 41.5 Å². The predicted octanol–water partition coefficient (Wildman–Crippen LogP) is 0.892. The molecule has 3 saturated heterocycles. The van der Waals surface area contributed by atoms with E-state index < -0.39 is 17.7 Å². The van der Waals surface area contributed by atoms with Crippen molar-refractivity contribution in [3.8, 4) is 5.75 Å². The van der Waals surface area contributed by atoms with Gasteiger partial charge in [0.05, 0.1) is 30.7 Å². The predicted molar refractivity (Wildman–Crippen MR) is 81.8 cm³/mol. The minimum absolute atomic E-state index is 0.195. The molecule has 4 atom stereocenters. The SMILES string of the molecule is CCOc1cccc(C(=O)NN2C(=O)C3C4CCC(O4)C3C2=O)c1. The Hall–Kier alpha value is -2.41. The van der Waals surface area contributed by atoms with Gasteiger partial charge in [0.1, 0.15) is 5.75 Å². The summed E-state index contributed by atoms with van der Waals surface area (Å²) >= 11 is 0. The Balaban J connectivity index is 1.51. The third kappa shape index (κ3) is 2.19. The molecule has 1 N–H and O–H groups in total. The van der Waals surface area contributed by atoms with Crippen LogP contribution in [0.25, 0.3) is 0 Å².